The van der Waals surface area contributed by atoms with Crippen molar-refractivity contribution in [2.75, 3.05) is 24.3 Å². The Hall–Kier alpha value is -3.18. The smallest absolute Gasteiger partial charge is 0.236 e. The largest absolute Gasteiger partial charge is 0.486 e. The molecule has 0 saturated carbocycles. The van der Waals surface area contributed by atoms with Crippen molar-refractivity contribution in [2.24, 2.45) is 0 Å². The Balaban J connectivity index is 1.27. The molecule has 4 aromatic rings. The molecule has 0 unspecified atom stereocenters. The van der Waals surface area contributed by atoms with Crippen LogP contribution in [-0.4, -0.2) is 50.1 Å². The molecule has 9 nitrogen and oxygen atoms in total. The molecule has 0 bridgehead atoms. The number of thiazole rings is 1. The average molecular weight is 426 g/mol. The molecular weight excluding hydrogens is 412 g/mol. The van der Waals surface area contributed by atoms with Gasteiger partial charge in [-0.25, -0.2) is 4.98 Å². The quantitative estimate of drug-likeness (QED) is 0.486. The van der Waals surface area contributed by atoms with Gasteiger partial charge >= 0.3 is 0 Å². The summed E-state index contributed by atoms with van der Waals surface area (Å²) in [7, 11) is 0. The van der Waals surface area contributed by atoms with E-state index in [2.05, 4.69) is 25.8 Å². The van der Waals surface area contributed by atoms with Crippen LogP contribution in [0.2, 0.25) is 0 Å². The molecule has 29 heavy (non-hydrogen) atoms. The lowest BCUT2D eigenvalue weighted by Crippen LogP contribution is -2.16. The van der Waals surface area contributed by atoms with Crippen molar-refractivity contribution in [3.8, 4) is 17.2 Å². The molecule has 1 N–H and O–H groups in total. The Morgan fingerprint density at radius 3 is 2.93 bits per heavy atom. The number of tetrazole rings is 1. The first-order valence-corrected chi connectivity index (χ1v) is 10.5. The van der Waals surface area contributed by atoms with E-state index in [1.54, 1.807) is 4.68 Å². The van der Waals surface area contributed by atoms with Gasteiger partial charge in [0.25, 0.3) is 0 Å². The lowest BCUT2D eigenvalue weighted by atomic mass is 10.2. The van der Waals surface area contributed by atoms with Gasteiger partial charge in [-0.15, -0.1) is 5.10 Å². The van der Waals surface area contributed by atoms with Crippen LogP contribution in [-0.2, 0) is 4.79 Å². The van der Waals surface area contributed by atoms with E-state index in [1.165, 1.54) is 23.1 Å². The molecule has 2 aromatic carbocycles. The molecule has 1 aliphatic rings. The molecule has 1 amide bonds. The normalized spacial score (nSPS) is 12.8. The zero-order chi connectivity index (χ0) is 19.6. The second kappa shape index (κ2) is 7.68. The maximum absolute atomic E-state index is 12.3. The van der Waals surface area contributed by atoms with Crippen molar-refractivity contribution in [1.82, 2.24) is 25.2 Å². The van der Waals surface area contributed by atoms with E-state index >= 15 is 0 Å². The molecule has 3 heterocycles. The van der Waals surface area contributed by atoms with Crippen LogP contribution in [0.5, 0.6) is 11.5 Å². The van der Waals surface area contributed by atoms with E-state index in [0.717, 1.165) is 15.9 Å². The highest BCUT2D eigenvalue weighted by molar-refractivity contribution is 7.99. The number of nitrogens with one attached hydrogen (secondary N) is 1. The number of carbonyl (C=O) groups excluding carboxylic acids is 1. The first-order valence-electron chi connectivity index (χ1n) is 8.73. The molecule has 0 fully saturated rings. The summed E-state index contributed by atoms with van der Waals surface area (Å²) in [5, 5.41) is 15.7. The van der Waals surface area contributed by atoms with Gasteiger partial charge < -0.3 is 14.8 Å². The Kier molecular flexibility index (Phi) is 4.74. The molecule has 146 valence electrons. The number of ether oxygens (including phenoxy) is 2. The summed E-state index contributed by atoms with van der Waals surface area (Å²) in [6.07, 6.45) is 0. The lowest BCUT2D eigenvalue weighted by molar-refractivity contribution is -0.113. The average Bonchev–Trinajstić information content (AvgIpc) is 3.38. The van der Waals surface area contributed by atoms with E-state index < -0.39 is 0 Å². The van der Waals surface area contributed by atoms with E-state index in [4.69, 9.17) is 9.47 Å². The number of hydrogen-bond donors (Lipinski definition) is 1. The van der Waals surface area contributed by atoms with Crippen LogP contribution >= 0.6 is 23.1 Å². The van der Waals surface area contributed by atoms with Crippen molar-refractivity contribution < 1.29 is 14.3 Å². The van der Waals surface area contributed by atoms with Gasteiger partial charge in [0.2, 0.25) is 11.1 Å². The predicted molar refractivity (Wildman–Crippen MR) is 109 cm³/mol. The minimum absolute atomic E-state index is 0.154. The highest BCUT2D eigenvalue weighted by atomic mass is 32.2. The number of fused-ring (bicyclic) bond motifs is 2. The summed E-state index contributed by atoms with van der Waals surface area (Å²) in [5.74, 6) is 1.32. The third-order valence-corrected chi connectivity index (χ3v) is 5.95. The number of rotatable bonds is 5. The third kappa shape index (κ3) is 3.74. The number of carbonyl (C=O) groups is 1. The van der Waals surface area contributed by atoms with E-state index in [1.807, 2.05) is 42.5 Å². The van der Waals surface area contributed by atoms with Crippen LogP contribution in [0, 0.1) is 0 Å². The monoisotopic (exact) mass is 426 g/mol. The fourth-order valence-electron chi connectivity index (χ4n) is 2.81. The first kappa shape index (κ1) is 17.9. The first-order chi connectivity index (χ1) is 14.3. The van der Waals surface area contributed by atoms with Crippen LogP contribution in [0.4, 0.5) is 5.13 Å². The summed E-state index contributed by atoms with van der Waals surface area (Å²) in [5.41, 5.74) is 1.59. The van der Waals surface area contributed by atoms with E-state index in [-0.39, 0.29) is 11.7 Å². The summed E-state index contributed by atoms with van der Waals surface area (Å²) in [4.78, 5) is 16.8. The summed E-state index contributed by atoms with van der Waals surface area (Å²) in [6, 6.07) is 13.2. The second-order valence-electron chi connectivity index (χ2n) is 6.02. The zero-order valence-electron chi connectivity index (χ0n) is 14.9. The minimum Gasteiger partial charge on any atom is -0.486 e. The number of aromatic nitrogens is 5. The summed E-state index contributed by atoms with van der Waals surface area (Å²) >= 11 is 2.68. The van der Waals surface area contributed by atoms with Crippen LogP contribution in [0.1, 0.15) is 0 Å². The van der Waals surface area contributed by atoms with Gasteiger partial charge in [-0.3, -0.25) is 4.79 Å². The maximum atomic E-state index is 12.3. The van der Waals surface area contributed by atoms with Crippen LogP contribution < -0.4 is 14.8 Å². The molecule has 0 saturated heterocycles. The fraction of sp³-hybridized carbons (Fsp3) is 0.167. The Morgan fingerprint density at radius 2 is 2.03 bits per heavy atom. The van der Waals surface area contributed by atoms with Gasteiger partial charge in [-0.05, 0) is 34.7 Å². The molecule has 0 atom stereocenters. The number of benzene rings is 2. The number of hydrogen-bond acceptors (Lipinski definition) is 9. The number of anilines is 1. The Bertz CT molecular complexity index is 1160. The van der Waals surface area contributed by atoms with Crippen molar-refractivity contribution in [1.29, 1.82) is 0 Å². The van der Waals surface area contributed by atoms with Gasteiger partial charge in [0.05, 0.1) is 21.7 Å². The van der Waals surface area contributed by atoms with Gasteiger partial charge in [0.15, 0.2) is 16.6 Å². The van der Waals surface area contributed by atoms with Crippen molar-refractivity contribution in [2.45, 2.75) is 5.16 Å². The SMILES string of the molecule is O=C(CSc1nnnn1-c1ccc2c(c1)OCCO2)Nc1nc2ccccc2s1. The minimum atomic E-state index is -0.175. The van der Waals surface area contributed by atoms with E-state index in [0.29, 0.717) is 35.0 Å². The number of thioether (sulfide) groups is 1. The zero-order valence-corrected chi connectivity index (χ0v) is 16.6. The number of nitrogens with zero attached hydrogens (tertiary/aromatic N) is 5. The fourth-order valence-corrected chi connectivity index (χ4v) is 4.38. The molecular formula is C18H14N6O3S2. The third-order valence-electron chi connectivity index (χ3n) is 4.08. The molecule has 0 aliphatic carbocycles. The summed E-state index contributed by atoms with van der Waals surface area (Å²) in [6.45, 7) is 1.03. The van der Waals surface area contributed by atoms with Gasteiger partial charge in [0, 0.05) is 6.07 Å². The van der Waals surface area contributed by atoms with Crippen LogP contribution in [0.3, 0.4) is 0 Å². The van der Waals surface area contributed by atoms with Crippen molar-refractivity contribution in [3.05, 3.63) is 42.5 Å². The highest BCUT2D eigenvalue weighted by Crippen LogP contribution is 2.32. The van der Waals surface area contributed by atoms with E-state index in [9.17, 15) is 4.79 Å². The van der Waals surface area contributed by atoms with Crippen LogP contribution in [0.25, 0.3) is 15.9 Å². The van der Waals surface area contributed by atoms with Gasteiger partial charge in [-0.2, -0.15) is 4.68 Å². The van der Waals surface area contributed by atoms with Gasteiger partial charge in [0.1, 0.15) is 13.2 Å². The standard InChI is InChI=1S/C18H14N6O3S2/c25-16(20-17-19-12-3-1-2-4-15(12)29-17)10-28-18-21-22-23-24(18)11-5-6-13-14(9-11)27-8-7-26-13/h1-6,9H,7-8,10H2,(H,19,20,25). The Labute approximate surface area is 173 Å². The van der Waals surface area contributed by atoms with Gasteiger partial charge in [-0.1, -0.05) is 35.2 Å². The van der Waals surface area contributed by atoms with Crippen molar-refractivity contribution >= 4 is 44.4 Å². The molecule has 11 heteroatoms. The molecule has 5 rings (SSSR count). The second-order valence-corrected chi connectivity index (χ2v) is 8.00. The number of amides is 1. The topological polar surface area (TPSA) is 104 Å². The van der Waals surface area contributed by atoms with Crippen molar-refractivity contribution in [3.63, 3.8) is 0 Å². The molecule has 1 aliphatic heterocycles. The highest BCUT2D eigenvalue weighted by Gasteiger charge is 2.17. The number of para-hydroxylation sites is 1. The predicted octanol–water partition coefficient (Wildman–Crippen LogP) is 2.77. The lowest BCUT2D eigenvalue weighted by Gasteiger charge is -2.18. The molecule has 0 radical (unpaired) electrons. The summed E-state index contributed by atoms with van der Waals surface area (Å²) < 4.78 is 13.7. The Morgan fingerprint density at radius 1 is 1.17 bits per heavy atom. The maximum Gasteiger partial charge on any atom is 0.236 e. The molecule has 0 spiro atoms. The molecule has 2 aromatic heterocycles. The van der Waals surface area contributed by atoms with Crippen LogP contribution in [0.15, 0.2) is 47.6 Å².